The van der Waals surface area contributed by atoms with E-state index >= 15 is 0 Å². The fraction of sp³-hybridized carbons (Fsp3) is 0.552. The molecule has 160 valence electrons. The van der Waals surface area contributed by atoms with Crippen molar-refractivity contribution in [2.75, 3.05) is 0 Å². The summed E-state index contributed by atoms with van der Waals surface area (Å²) in [6.45, 7) is 2.23. The van der Waals surface area contributed by atoms with Crippen molar-refractivity contribution in [3.05, 3.63) is 71.8 Å². The molecule has 2 aliphatic rings. The Bertz CT molecular complexity index is 730. The first-order valence-corrected chi connectivity index (χ1v) is 12.3. The van der Waals surface area contributed by atoms with Gasteiger partial charge in [0, 0.05) is 6.08 Å². The van der Waals surface area contributed by atoms with E-state index in [1.165, 1.54) is 69.4 Å². The monoisotopic (exact) mass is 401 g/mol. The number of aryl methyl sites for hydroxylation is 1. The molecule has 2 fully saturated rings. The van der Waals surface area contributed by atoms with E-state index in [2.05, 4.69) is 49.4 Å². The molecule has 1 nitrogen and oxygen atoms in total. The molecule has 0 unspecified atom stereocenters. The predicted molar refractivity (Wildman–Crippen MR) is 128 cm³/mol. The van der Waals surface area contributed by atoms with Crippen LogP contribution in [0.5, 0.6) is 0 Å². The molecule has 0 aliphatic heterocycles. The Balaban J connectivity index is 1.33. The molecular formula is C29H39N. The highest BCUT2D eigenvalue weighted by atomic mass is 14.3. The van der Waals surface area contributed by atoms with Gasteiger partial charge in [0.2, 0.25) is 0 Å². The van der Waals surface area contributed by atoms with Crippen LogP contribution in [-0.4, -0.2) is 0 Å². The highest BCUT2D eigenvalue weighted by Gasteiger charge is 2.22. The van der Waals surface area contributed by atoms with Gasteiger partial charge in [0.1, 0.15) is 0 Å². The molecule has 0 radical (unpaired) electrons. The zero-order valence-electron chi connectivity index (χ0n) is 18.8. The molecule has 0 bridgehead atoms. The van der Waals surface area contributed by atoms with Crippen molar-refractivity contribution < 1.29 is 0 Å². The Kier molecular flexibility index (Phi) is 9.49. The third-order valence-corrected chi connectivity index (χ3v) is 7.34. The molecule has 0 spiro atoms. The van der Waals surface area contributed by atoms with E-state index in [4.69, 9.17) is 5.26 Å². The average molecular weight is 402 g/mol. The maximum atomic E-state index is 8.48. The summed E-state index contributed by atoms with van der Waals surface area (Å²) in [6.07, 6.45) is 27.2. The maximum absolute atomic E-state index is 8.48. The van der Waals surface area contributed by atoms with E-state index < -0.39 is 0 Å². The van der Waals surface area contributed by atoms with Crippen LogP contribution in [0.15, 0.2) is 60.7 Å². The minimum atomic E-state index is 0.778. The molecule has 3 rings (SSSR count). The first-order valence-electron chi connectivity index (χ1n) is 12.3. The van der Waals surface area contributed by atoms with E-state index in [1.54, 1.807) is 5.56 Å². The molecule has 1 aromatic carbocycles. The summed E-state index contributed by atoms with van der Waals surface area (Å²) < 4.78 is 0. The zero-order valence-corrected chi connectivity index (χ0v) is 18.8. The van der Waals surface area contributed by atoms with Crippen molar-refractivity contribution >= 4 is 0 Å². The lowest BCUT2D eigenvalue weighted by Gasteiger charge is -2.29. The van der Waals surface area contributed by atoms with Gasteiger partial charge in [-0.2, -0.15) is 5.26 Å². The zero-order chi connectivity index (χ0) is 21.0. The van der Waals surface area contributed by atoms with E-state index in [0.29, 0.717) is 0 Å². The second-order valence-electron chi connectivity index (χ2n) is 9.37. The van der Waals surface area contributed by atoms with Gasteiger partial charge >= 0.3 is 0 Å². The molecule has 0 saturated heterocycles. The van der Waals surface area contributed by atoms with Gasteiger partial charge in [-0.3, -0.25) is 0 Å². The first kappa shape index (κ1) is 22.6. The fourth-order valence-corrected chi connectivity index (χ4v) is 5.26. The Morgan fingerprint density at radius 2 is 1.50 bits per heavy atom. The third-order valence-electron chi connectivity index (χ3n) is 7.34. The minimum Gasteiger partial charge on any atom is -0.193 e. The fourth-order valence-electron chi connectivity index (χ4n) is 5.26. The average Bonchev–Trinajstić information content (AvgIpc) is 2.81. The lowest BCUT2D eigenvalue weighted by atomic mass is 9.77. The van der Waals surface area contributed by atoms with Gasteiger partial charge in [-0.15, -0.1) is 0 Å². The lowest BCUT2D eigenvalue weighted by molar-refractivity contribution is 0.295. The van der Waals surface area contributed by atoms with Gasteiger partial charge in [-0.05, 0) is 105 Å². The van der Waals surface area contributed by atoms with Gasteiger partial charge < -0.3 is 0 Å². The summed E-state index contributed by atoms with van der Waals surface area (Å²) in [5.74, 6) is 3.30. The number of benzene rings is 1. The molecule has 0 heterocycles. The van der Waals surface area contributed by atoms with Crippen LogP contribution < -0.4 is 0 Å². The summed E-state index contributed by atoms with van der Waals surface area (Å²) in [7, 11) is 0. The minimum absolute atomic E-state index is 0.778. The molecule has 2 aliphatic carbocycles. The largest absolute Gasteiger partial charge is 0.193 e. The smallest absolute Gasteiger partial charge is 0.0912 e. The summed E-state index contributed by atoms with van der Waals surface area (Å²) in [6, 6.07) is 11.4. The van der Waals surface area contributed by atoms with Crippen molar-refractivity contribution in [1.82, 2.24) is 0 Å². The number of rotatable bonds is 8. The van der Waals surface area contributed by atoms with E-state index in [0.717, 1.165) is 36.5 Å². The Labute approximate surface area is 184 Å². The van der Waals surface area contributed by atoms with Crippen molar-refractivity contribution in [1.29, 1.82) is 5.26 Å². The van der Waals surface area contributed by atoms with Gasteiger partial charge in [0.15, 0.2) is 0 Å². The second-order valence-corrected chi connectivity index (χ2v) is 9.37. The van der Waals surface area contributed by atoms with Gasteiger partial charge in [-0.1, -0.05) is 61.6 Å². The quantitative estimate of drug-likeness (QED) is 0.244. The molecule has 1 heteroatoms. The number of nitrogens with zero attached hydrogens (tertiary/aromatic N) is 1. The number of nitriles is 1. The van der Waals surface area contributed by atoms with Crippen molar-refractivity contribution in [2.24, 2.45) is 17.8 Å². The topological polar surface area (TPSA) is 23.8 Å². The highest BCUT2D eigenvalue weighted by Crippen LogP contribution is 2.37. The van der Waals surface area contributed by atoms with Crippen LogP contribution >= 0.6 is 0 Å². The van der Waals surface area contributed by atoms with Crippen molar-refractivity contribution in [2.45, 2.75) is 83.5 Å². The van der Waals surface area contributed by atoms with Crippen LogP contribution in [-0.2, 0) is 6.42 Å². The van der Waals surface area contributed by atoms with E-state index in [9.17, 15) is 0 Å². The van der Waals surface area contributed by atoms with Crippen molar-refractivity contribution in [3.8, 4) is 6.07 Å². The van der Waals surface area contributed by atoms with Crippen molar-refractivity contribution in [3.63, 3.8) is 0 Å². The second kappa shape index (κ2) is 12.6. The van der Waals surface area contributed by atoms with Crippen LogP contribution in [0, 0.1) is 29.1 Å². The highest BCUT2D eigenvalue weighted by molar-refractivity contribution is 5.26. The van der Waals surface area contributed by atoms with Crippen LogP contribution in [0.25, 0.3) is 0 Å². The predicted octanol–water partition coefficient (Wildman–Crippen LogP) is 8.30. The number of allylic oxidation sites excluding steroid dienone is 6. The van der Waals surface area contributed by atoms with Crippen LogP contribution in [0.2, 0.25) is 0 Å². The molecule has 0 amide bonds. The number of hydrogen-bond donors (Lipinski definition) is 0. The van der Waals surface area contributed by atoms with E-state index in [1.807, 2.05) is 18.2 Å². The lowest BCUT2D eigenvalue weighted by Crippen LogP contribution is -2.14. The molecule has 1 aromatic rings. The van der Waals surface area contributed by atoms with Crippen LogP contribution in [0.4, 0.5) is 0 Å². The van der Waals surface area contributed by atoms with Gasteiger partial charge in [-0.25, -0.2) is 0 Å². The first-order chi connectivity index (χ1) is 14.8. The van der Waals surface area contributed by atoms with Gasteiger partial charge in [0.05, 0.1) is 6.07 Å². The molecule has 0 aromatic heterocycles. The van der Waals surface area contributed by atoms with Crippen LogP contribution in [0.1, 0.15) is 88.2 Å². The SMILES string of the molecule is CCc1ccc([C@H]2CC[C@H](C=C[C@H]3CC[C@H](CCC=CC=CC#N)CC3)CC2)cc1. The van der Waals surface area contributed by atoms with E-state index in [-0.39, 0.29) is 0 Å². The summed E-state index contributed by atoms with van der Waals surface area (Å²) in [5, 5.41) is 8.48. The standard InChI is InChI=1S/C29H39N/c1-2-24-15-19-28(20-16-24)29-21-17-27(18-22-29)14-13-26-11-9-25(10-12-26)8-6-4-3-5-7-23-30/h3-5,7,13-16,19-20,25-27,29H,2,6,8-12,17-18,21-22H2,1H3/t25-,26-,27-,29-. The van der Waals surface area contributed by atoms with Crippen LogP contribution in [0.3, 0.4) is 0 Å². The Morgan fingerprint density at radius 3 is 2.10 bits per heavy atom. The normalized spacial score (nSPS) is 27.7. The third kappa shape index (κ3) is 7.32. The summed E-state index contributed by atoms with van der Waals surface area (Å²) in [4.78, 5) is 0. The summed E-state index contributed by atoms with van der Waals surface area (Å²) in [5.41, 5.74) is 3.01. The molecule has 2 saturated carbocycles. The molecule has 0 atom stereocenters. The molecule has 0 N–H and O–H groups in total. The molecular weight excluding hydrogens is 362 g/mol. The Morgan fingerprint density at radius 1 is 0.867 bits per heavy atom. The summed E-state index contributed by atoms with van der Waals surface area (Å²) >= 11 is 0. The van der Waals surface area contributed by atoms with Gasteiger partial charge in [0.25, 0.3) is 0 Å². The molecule has 30 heavy (non-hydrogen) atoms. The Hall–Kier alpha value is -2.07. The number of hydrogen-bond acceptors (Lipinski definition) is 1. The maximum Gasteiger partial charge on any atom is 0.0912 e.